The standard InChI is InChI=1S/C14H28N4O/c1-17(2)12-6-9-18(10-12)8-5-11-4-3-7-14(11,16)13(15)19/h11-12H,3-10,16H2,1-2H3,(H2,15,19). The maximum atomic E-state index is 11.5. The van der Waals surface area contributed by atoms with Crippen molar-refractivity contribution in [1.29, 1.82) is 0 Å². The lowest BCUT2D eigenvalue weighted by molar-refractivity contribution is -0.124. The van der Waals surface area contributed by atoms with E-state index in [2.05, 4.69) is 23.9 Å². The molecule has 2 aliphatic rings. The number of hydrogen-bond acceptors (Lipinski definition) is 4. The quantitative estimate of drug-likeness (QED) is 0.736. The van der Waals surface area contributed by atoms with Gasteiger partial charge < -0.3 is 21.3 Å². The van der Waals surface area contributed by atoms with Crippen LogP contribution >= 0.6 is 0 Å². The zero-order chi connectivity index (χ0) is 14.0. The lowest BCUT2D eigenvalue weighted by atomic mass is 9.85. The largest absolute Gasteiger partial charge is 0.368 e. The number of carbonyl (C=O) groups excluding carboxylic acids is 1. The first-order chi connectivity index (χ1) is 8.93. The van der Waals surface area contributed by atoms with E-state index in [4.69, 9.17) is 11.5 Å². The van der Waals surface area contributed by atoms with Crippen molar-refractivity contribution in [2.75, 3.05) is 33.7 Å². The predicted molar refractivity (Wildman–Crippen MR) is 76.6 cm³/mol. The molecule has 1 amide bonds. The van der Waals surface area contributed by atoms with Crippen LogP contribution in [0.3, 0.4) is 0 Å². The Labute approximate surface area is 116 Å². The topological polar surface area (TPSA) is 75.6 Å². The molecule has 1 heterocycles. The number of likely N-dealkylation sites (tertiary alicyclic amines) is 1. The van der Waals surface area contributed by atoms with Crippen LogP contribution in [0.15, 0.2) is 0 Å². The summed E-state index contributed by atoms with van der Waals surface area (Å²) in [5.74, 6) is -0.0500. The summed E-state index contributed by atoms with van der Waals surface area (Å²) < 4.78 is 0. The Morgan fingerprint density at radius 2 is 2.16 bits per heavy atom. The zero-order valence-electron chi connectivity index (χ0n) is 12.3. The van der Waals surface area contributed by atoms with E-state index in [1.54, 1.807) is 0 Å². The molecule has 110 valence electrons. The molecule has 2 rings (SSSR count). The molecule has 4 N–H and O–H groups in total. The predicted octanol–water partition coefficient (Wildman–Crippen LogP) is -0.00470. The molecule has 0 aromatic rings. The smallest absolute Gasteiger partial charge is 0.237 e. The summed E-state index contributed by atoms with van der Waals surface area (Å²) in [6, 6.07) is 0.669. The van der Waals surface area contributed by atoms with Gasteiger partial charge in [-0.3, -0.25) is 4.79 Å². The van der Waals surface area contributed by atoms with Crippen LogP contribution in [0.4, 0.5) is 0 Å². The molecule has 2 fully saturated rings. The highest BCUT2D eigenvalue weighted by Crippen LogP contribution is 2.36. The maximum absolute atomic E-state index is 11.5. The van der Waals surface area contributed by atoms with E-state index in [9.17, 15) is 4.79 Å². The number of carbonyl (C=O) groups is 1. The molecular weight excluding hydrogens is 240 g/mol. The first-order valence-electron chi connectivity index (χ1n) is 7.41. The van der Waals surface area contributed by atoms with Gasteiger partial charge in [0.25, 0.3) is 0 Å². The third-order valence-corrected chi connectivity index (χ3v) is 5.10. The number of hydrogen-bond donors (Lipinski definition) is 2. The van der Waals surface area contributed by atoms with Crippen LogP contribution in [-0.2, 0) is 4.79 Å². The fraction of sp³-hybridized carbons (Fsp3) is 0.929. The second-order valence-corrected chi connectivity index (χ2v) is 6.49. The van der Waals surface area contributed by atoms with Crippen molar-refractivity contribution >= 4 is 5.91 Å². The molecular formula is C14H28N4O. The van der Waals surface area contributed by atoms with Crippen LogP contribution in [0.1, 0.15) is 32.1 Å². The summed E-state index contributed by atoms with van der Waals surface area (Å²) in [5, 5.41) is 0. The maximum Gasteiger partial charge on any atom is 0.237 e. The summed E-state index contributed by atoms with van der Waals surface area (Å²) in [5.41, 5.74) is 10.9. The molecule has 5 nitrogen and oxygen atoms in total. The van der Waals surface area contributed by atoms with Crippen molar-refractivity contribution in [3.63, 3.8) is 0 Å². The number of nitrogens with two attached hydrogens (primary N) is 2. The van der Waals surface area contributed by atoms with Gasteiger partial charge in [0.05, 0.1) is 5.54 Å². The third-order valence-electron chi connectivity index (χ3n) is 5.10. The lowest BCUT2D eigenvalue weighted by Gasteiger charge is -2.29. The molecule has 1 saturated carbocycles. The first kappa shape index (κ1) is 14.8. The van der Waals surface area contributed by atoms with Gasteiger partial charge in [-0.15, -0.1) is 0 Å². The van der Waals surface area contributed by atoms with Gasteiger partial charge in [0.1, 0.15) is 0 Å². The average molecular weight is 268 g/mol. The van der Waals surface area contributed by atoms with Crippen LogP contribution in [-0.4, -0.2) is 61.0 Å². The second-order valence-electron chi connectivity index (χ2n) is 6.49. The molecule has 3 atom stereocenters. The molecule has 0 spiro atoms. The summed E-state index contributed by atoms with van der Waals surface area (Å²) in [6.07, 6.45) is 5.07. The van der Waals surface area contributed by atoms with Crippen molar-refractivity contribution in [2.24, 2.45) is 17.4 Å². The molecule has 1 saturated heterocycles. The normalized spacial score (nSPS) is 36.2. The van der Waals surface area contributed by atoms with Crippen molar-refractivity contribution < 1.29 is 4.79 Å². The summed E-state index contributed by atoms with van der Waals surface area (Å²) in [4.78, 5) is 16.3. The fourth-order valence-corrected chi connectivity index (χ4v) is 3.60. The number of rotatable bonds is 5. The number of likely N-dealkylation sites (N-methyl/N-ethyl adjacent to an activating group) is 1. The number of amides is 1. The molecule has 0 bridgehead atoms. The van der Waals surface area contributed by atoms with Gasteiger partial charge in [-0.25, -0.2) is 0 Å². The minimum Gasteiger partial charge on any atom is -0.368 e. The molecule has 1 aliphatic heterocycles. The van der Waals surface area contributed by atoms with Crippen LogP contribution in [0.5, 0.6) is 0 Å². The Balaban J connectivity index is 1.81. The highest BCUT2D eigenvalue weighted by molar-refractivity contribution is 5.85. The van der Waals surface area contributed by atoms with Crippen molar-refractivity contribution in [2.45, 2.75) is 43.7 Å². The summed E-state index contributed by atoms with van der Waals surface area (Å²) in [7, 11) is 4.28. The Kier molecular flexibility index (Phi) is 4.48. The first-order valence-corrected chi connectivity index (χ1v) is 7.41. The van der Waals surface area contributed by atoms with E-state index in [-0.39, 0.29) is 11.8 Å². The minimum absolute atomic E-state index is 0.267. The molecule has 19 heavy (non-hydrogen) atoms. The van der Waals surface area contributed by atoms with Gasteiger partial charge >= 0.3 is 0 Å². The summed E-state index contributed by atoms with van der Waals surface area (Å²) in [6.45, 7) is 3.33. The summed E-state index contributed by atoms with van der Waals surface area (Å²) >= 11 is 0. The van der Waals surface area contributed by atoms with E-state index >= 15 is 0 Å². The van der Waals surface area contributed by atoms with Crippen molar-refractivity contribution in [3.8, 4) is 0 Å². The molecule has 3 unspecified atom stereocenters. The Bertz CT molecular complexity index is 333. The van der Waals surface area contributed by atoms with Gasteiger partial charge in [0, 0.05) is 12.6 Å². The van der Waals surface area contributed by atoms with Crippen LogP contribution < -0.4 is 11.5 Å². The number of nitrogens with zero attached hydrogens (tertiary/aromatic N) is 2. The Hall–Kier alpha value is -0.650. The van der Waals surface area contributed by atoms with Crippen LogP contribution in [0.25, 0.3) is 0 Å². The number of primary amides is 1. The molecule has 0 radical (unpaired) electrons. The van der Waals surface area contributed by atoms with E-state index < -0.39 is 5.54 Å². The molecule has 1 aliphatic carbocycles. The average Bonchev–Trinajstić information content (AvgIpc) is 2.94. The van der Waals surface area contributed by atoms with Gasteiger partial charge in [-0.05, 0) is 58.8 Å². The zero-order valence-corrected chi connectivity index (χ0v) is 12.3. The van der Waals surface area contributed by atoms with E-state index in [0.717, 1.165) is 45.3 Å². The lowest BCUT2D eigenvalue weighted by Crippen LogP contribution is -2.55. The highest BCUT2D eigenvalue weighted by Gasteiger charge is 2.44. The Morgan fingerprint density at radius 3 is 2.74 bits per heavy atom. The molecule has 5 heteroatoms. The SMILES string of the molecule is CN(C)C1CCN(CCC2CCCC2(N)C(N)=O)C1. The fourth-order valence-electron chi connectivity index (χ4n) is 3.60. The second kappa shape index (κ2) is 5.77. The Morgan fingerprint density at radius 1 is 1.42 bits per heavy atom. The highest BCUT2D eigenvalue weighted by atomic mass is 16.1. The van der Waals surface area contributed by atoms with Crippen molar-refractivity contribution in [3.05, 3.63) is 0 Å². The molecule has 0 aromatic heterocycles. The van der Waals surface area contributed by atoms with Gasteiger partial charge in [0.2, 0.25) is 5.91 Å². The monoisotopic (exact) mass is 268 g/mol. The van der Waals surface area contributed by atoms with E-state index in [1.807, 2.05) is 0 Å². The van der Waals surface area contributed by atoms with Crippen LogP contribution in [0.2, 0.25) is 0 Å². The van der Waals surface area contributed by atoms with E-state index in [0.29, 0.717) is 6.04 Å². The van der Waals surface area contributed by atoms with Gasteiger partial charge in [-0.1, -0.05) is 6.42 Å². The van der Waals surface area contributed by atoms with Gasteiger partial charge in [-0.2, -0.15) is 0 Å². The minimum atomic E-state index is -0.749. The van der Waals surface area contributed by atoms with E-state index in [1.165, 1.54) is 6.42 Å². The van der Waals surface area contributed by atoms with Crippen molar-refractivity contribution in [1.82, 2.24) is 9.80 Å². The molecule has 0 aromatic carbocycles. The van der Waals surface area contributed by atoms with Gasteiger partial charge in [0.15, 0.2) is 0 Å². The van der Waals surface area contributed by atoms with Crippen LogP contribution in [0, 0.1) is 5.92 Å². The third kappa shape index (κ3) is 3.09.